The Hall–Kier alpha value is -1.29. The number of rotatable bonds is 4. The fraction of sp³-hybridized carbons (Fsp3) is 0.667. The van der Waals surface area contributed by atoms with Gasteiger partial charge in [-0.05, 0) is 43.7 Å². The molecule has 4 nitrogen and oxygen atoms in total. The third-order valence-corrected chi connectivity index (χ3v) is 4.09. The number of hydrogen-bond acceptors (Lipinski definition) is 3. The van der Waals surface area contributed by atoms with E-state index in [9.17, 15) is 4.79 Å². The van der Waals surface area contributed by atoms with Crippen molar-refractivity contribution in [1.82, 2.24) is 10.2 Å². The topological polar surface area (TPSA) is 45.5 Å². The van der Waals surface area contributed by atoms with Crippen molar-refractivity contribution in [1.29, 1.82) is 0 Å². The number of amides is 1. The molecule has 1 N–H and O–H groups in total. The lowest BCUT2D eigenvalue weighted by Crippen LogP contribution is -2.37. The van der Waals surface area contributed by atoms with Crippen molar-refractivity contribution >= 4 is 5.91 Å². The highest BCUT2D eigenvalue weighted by Crippen LogP contribution is 2.21. The van der Waals surface area contributed by atoms with Gasteiger partial charge < -0.3 is 14.6 Å². The molecule has 1 aromatic rings. The molecule has 104 valence electrons. The molecule has 1 amide bonds. The van der Waals surface area contributed by atoms with Gasteiger partial charge in [0.15, 0.2) is 5.76 Å². The molecule has 3 rings (SSSR count). The maximum Gasteiger partial charge on any atom is 0.289 e. The first kappa shape index (κ1) is 12.7. The van der Waals surface area contributed by atoms with Crippen molar-refractivity contribution in [3.05, 3.63) is 23.7 Å². The Morgan fingerprint density at radius 3 is 2.74 bits per heavy atom. The third kappa shape index (κ3) is 3.18. The summed E-state index contributed by atoms with van der Waals surface area (Å²) in [4.78, 5) is 14.2. The van der Waals surface area contributed by atoms with Crippen LogP contribution in [0.4, 0.5) is 0 Å². The Bertz CT molecular complexity index is 443. The van der Waals surface area contributed by atoms with E-state index in [1.54, 1.807) is 0 Å². The largest absolute Gasteiger partial charge is 0.455 e. The monoisotopic (exact) mass is 262 g/mol. The van der Waals surface area contributed by atoms with E-state index in [1.807, 2.05) is 17.0 Å². The second-order valence-corrected chi connectivity index (χ2v) is 5.90. The lowest BCUT2D eigenvalue weighted by molar-refractivity contribution is 0.0663. The Balaban J connectivity index is 1.56. The fourth-order valence-electron chi connectivity index (χ4n) is 2.49. The highest BCUT2D eigenvalue weighted by atomic mass is 16.4. The molecule has 0 bridgehead atoms. The van der Waals surface area contributed by atoms with Crippen LogP contribution in [0.5, 0.6) is 0 Å². The number of hydrogen-bond donors (Lipinski definition) is 1. The second-order valence-electron chi connectivity index (χ2n) is 5.90. The molecule has 0 unspecified atom stereocenters. The van der Waals surface area contributed by atoms with Crippen LogP contribution in [0.1, 0.15) is 48.9 Å². The molecule has 0 aromatic carbocycles. The number of likely N-dealkylation sites (tertiary alicyclic amines) is 1. The zero-order valence-corrected chi connectivity index (χ0v) is 11.5. The molecule has 2 heterocycles. The third-order valence-electron chi connectivity index (χ3n) is 4.09. The summed E-state index contributed by atoms with van der Waals surface area (Å²) in [6, 6.07) is 4.38. The van der Waals surface area contributed by atoms with E-state index < -0.39 is 0 Å². The van der Waals surface area contributed by atoms with Crippen molar-refractivity contribution in [3.63, 3.8) is 0 Å². The maximum absolute atomic E-state index is 12.3. The second kappa shape index (κ2) is 5.37. The molecule has 4 heteroatoms. The number of carbonyl (C=O) groups excluding carboxylic acids is 1. The smallest absolute Gasteiger partial charge is 0.289 e. The zero-order valence-electron chi connectivity index (χ0n) is 11.5. The highest BCUT2D eigenvalue weighted by Gasteiger charge is 2.24. The molecular formula is C15H22N2O2. The predicted octanol–water partition coefficient (Wildman–Crippen LogP) is 2.40. The number of furan rings is 1. The minimum atomic E-state index is 0.0459. The molecule has 0 atom stereocenters. The molecule has 2 aliphatic rings. The molecule has 19 heavy (non-hydrogen) atoms. The first-order valence-electron chi connectivity index (χ1n) is 7.34. The van der Waals surface area contributed by atoms with Gasteiger partial charge in [-0.3, -0.25) is 4.79 Å². The van der Waals surface area contributed by atoms with Crippen molar-refractivity contribution < 1.29 is 9.21 Å². The number of nitrogens with zero attached hydrogens (tertiary/aromatic N) is 1. The van der Waals surface area contributed by atoms with E-state index in [0.29, 0.717) is 11.8 Å². The first-order chi connectivity index (χ1) is 9.22. The molecule has 1 aromatic heterocycles. The van der Waals surface area contributed by atoms with Crippen molar-refractivity contribution in [2.45, 2.75) is 45.2 Å². The molecule has 1 aliphatic heterocycles. The van der Waals surface area contributed by atoms with Gasteiger partial charge in [-0.2, -0.15) is 0 Å². The van der Waals surface area contributed by atoms with Gasteiger partial charge in [-0.15, -0.1) is 0 Å². The summed E-state index contributed by atoms with van der Waals surface area (Å²) in [5.41, 5.74) is 0. The molecule has 0 radical (unpaired) electrons. The van der Waals surface area contributed by atoms with Gasteiger partial charge in [-0.25, -0.2) is 0 Å². The van der Waals surface area contributed by atoms with Crippen molar-refractivity contribution in [2.24, 2.45) is 5.92 Å². The summed E-state index contributed by atoms with van der Waals surface area (Å²) in [6.07, 6.45) is 4.72. The average molecular weight is 262 g/mol. The summed E-state index contributed by atoms with van der Waals surface area (Å²) in [7, 11) is 0. The van der Waals surface area contributed by atoms with Crippen LogP contribution in [0.3, 0.4) is 0 Å². The molecule has 1 aliphatic carbocycles. The minimum Gasteiger partial charge on any atom is -0.455 e. The molecule has 1 saturated heterocycles. The Morgan fingerprint density at radius 1 is 1.32 bits per heavy atom. The molecule has 1 saturated carbocycles. The van der Waals surface area contributed by atoms with Gasteiger partial charge >= 0.3 is 0 Å². The standard InChI is InChI=1S/C15H22N2O2/c1-11-6-8-17(9-7-11)15(18)14-5-4-13(19-14)10-16-12-2-3-12/h4-5,11-12,16H,2-3,6-10H2,1H3. The quantitative estimate of drug-likeness (QED) is 0.906. The lowest BCUT2D eigenvalue weighted by Gasteiger charge is -2.29. The van der Waals surface area contributed by atoms with Crippen LogP contribution in [0.15, 0.2) is 16.5 Å². The Labute approximate surface area is 114 Å². The van der Waals surface area contributed by atoms with E-state index in [1.165, 1.54) is 12.8 Å². The SMILES string of the molecule is CC1CCN(C(=O)c2ccc(CNC3CC3)o2)CC1. The van der Waals surface area contributed by atoms with E-state index in [0.717, 1.165) is 44.2 Å². The van der Waals surface area contributed by atoms with Crippen LogP contribution in [0.2, 0.25) is 0 Å². The summed E-state index contributed by atoms with van der Waals surface area (Å²) in [5, 5.41) is 3.39. The normalized spacial score (nSPS) is 20.8. The van der Waals surface area contributed by atoms with Gasteiger partial charge in [-0.1, -0.05) is 6.92 Å². The Kier molecular flexibility index (Phi) is 3.60. The van der Waals surface area contributed by atoms with Gasteiger partial charge in [0.25, 0.3) is 5.91 Å². The van der Waals surface area contributed by atoms with Crippen LogP contribution in [0, 0.1) is 5.92 Å². The number of piperidine rings is 1. The first-order valence-corrected chi connectivity index (χ1v) is 7.34. The van der Waals surface area contributed by atoms with Crippen LogP contribution in [0.25, 0.3) is 0 Å². The number of carbonyl (C=O) groups is 1. The Morgan fingerprint density at radius 2 is 2.05 bits per heavy atom. The highest BCUT2D eigenvalue weighted by molar-refractivity contribution is 5.91. The van der Waals surface area contributed by atoms with Crippen molar-refractivity contribution in [3.8, 4) is 0 Å². The summed E-state index contributed by atoms with van der Waals surface area (Å²) < 4.78 is 5.65. The van der Waals surface area contributed by atoms with Gasteiger partial charge in [0.1, 0.15) is 5.76 Å². The van der Waals surface area contributed by atoms with E-state index >= 15 is 0 Å². The van der Waals surface area contributed by atoms with E-state index in [-0.39, 0.29) is 5.91 Å². The van der Waals surface area contributed by atoms with Crippen LogP contribution < -0.4 is 5.32 Å². The molecule has 2 fully saturated rings. The van der Waals surface area contributed by atoms with E-state index in [2.05, 4.69) is 12.2 Å². The summed E-state index contributed by atoms with van der Waals surface area (Å²) in [6.45, 7) is 4.69. The molecule has 0 spiro atoms. The van der Waals surface area contributed by atoms with Gasteiger partial charge in [0.2, 0.25) is 0 Å². The summed E-state index contributed by atoms with van der Waals surface area (Å²) >= 11 is 0. The number of nitrogens with one attached hydrogen (secondary N) is 1. The van der Waals surface area contributed by atoms with Gasteiger partial charge in [0.05, 0.1) is 6.54 Å². The van der Waals surface area contributed by atoms with Crippen LogP contribution in [-0.2, 0) is 6.54 Å². The van der Waals surface area contributed by atoms with Gasteiger partial charge in [0, 0.05) is 19.1 Å². The zero-order chi connectivity index (χ0) is 13.2. The maximum atomic E-state index is 12.3. The summed E-state index contributed by atoms with van der Waals surface area (Å²) in [5.74, 6) is 2.13. The van der Waals surface area contributed by atoms with Crippen LogP contribution in [-0.4, -0.2) is 29.9 Å². The minimum absolute atomic E-state index is 0.0459. The lowest BCUT2D eigenvalue weighted by atomic mass is 9.99. The van der Waals surface area contributed by atoms with Crippen LogP contribution >= 0.6 is 0 Å². The molecular weight excluding hydrogens is 240 g/mol. The fourth-order valence-corrected chi connectivity index (χ4v) is 2.49. The predicted molar refractivity (Wildman–Crippen MR) is 72.9 cm³/mol. The van der Waals surface area contributed by atoms with E-state index in [4.69, 9.17) is 4.42 Å². The average Bonchev–Trinajstić information content (AvgIpc) is 3.13. The van der Waals surface area contributed by atoms with Crippen molar-refractivity contribution in [2.75, 3.05) is 13.1 Å².